The lowest BCUT2D eigenvalue weighted by atomic mass is 10.2. The summed E-state index contributed by atoms with van der Waals surface area (Å²) in [7, 11) is 0.363. The highest BCUT2D eigenvalue weighted by atomic mass is 32.2. The molecule has 0 fully saturated rings. The van der Waals surface area contributed by atoms with Crippen molar-refractivity contribution in [1.82, 2.24) is 15.0 Å². The molecule has 0 saturated carbocycles. The van der Waals surface area contributed by atoms with Crippen LogP contribution in [0, 0.1) is 6.92 Å². The first-order valence-corrected chi connectivity index (χ1v) is 9.40. The highest BCUT2D eigenvalue weighted by Crippen LogP contribution is 2.18. The van der Waals surface area contributed by atoms with E-state index in [4.69, 9.17) is 9.47 Å². The Bertz CT molecular complexity index is 846. The molecule has 6 nitrogen and oxygen atoms in total. The number of nitrogens with one attached hydrogen (secondary N) is 1. The van der Waals surface area contributed by atoms with Gasteiger partial charge in [0.15, 0.2) is 5.16 Å². The third-order valence-corrected chi connectivity index (χ3v) is 4.93. The summed E-state index contributed by atoms with van der Waals surface area (Å²) in [5, 5.41) is 0.466. The number of rotatable bonds is 8. The van der Waals surface area contributed by atoms with Gasteiger partial charge in [-0.1, -0.05) is 18.2 Å². The number of imidazole rings is 1. The fourth-order valence-corrected chi connectivity index (χ4v) is 3.49. The lowest BCUT2D eigenvalue weighted by Gasteiger charge is -2.09. The lowest BCUT2D eigenvalue weighted by Crippen LogP contribution is -2.06. The standard InChI is InChI=1S/C18H21N3O3S/c1-13-8-9-17(24-11-5-10-23-2)19-16(13)12-25(22)18-20-14-6-3-4-7-15(14)21-18/h3-4,6-9H,5,10-12H2,1-2H3,(H,20,21). The summed E-state index contributed by atoms with van der Waals surface area (Å²) in [5.41, 5.74) is 3.42. The molecule has 0 amide bonds. The molecule has 0 aliphatic rings. The molecule has 0 bridgehead atoms. The highest BCUT2D eigenvalue weighted by molar-refractivity contribution is 7.84. The van der Waals surface area contributed by atoms with Gasteiger partial charge >= 0.3 is 0 Å². The first-order chi connectivity index (χ1) is 12.2. The zero-order valence-corrected chi connectivity index (χ0v) is 15.1. The van der Waals surface area contributed by atoms with Gasteiger partial charge in [0.25, 0.3) is 0 Å². The van der Waals surface area contributed by atoms with Crippen LogP contribution >= 0.6 is 0 Å². The number of methoxy groups -OCH3 is 1. The van der Waals surface area contributed by atoms with Crippen LogP contribution in [-0.2, 0) is 21.3 Å². The molecule has 2 heterocycles. The van der Waals surface area contributed by atoms with E-state index in [1.54, 1.807) is 7.11 Å². The van der Waals surface area contributed by atoms with Crippen molar-refractivity contribution in [2.24, 2.45) is 0 Å². The molecular formula is C18H21N3O3S. The van der Waals surface area contributed by atoms with Crippen LogP contribution in [0.15, 0.2) is 41.6 Å². The van der Waals surface area contributed by atoms with Crippen LogP contribution in [-0.4, -0.2) is 39.5 Å². The van der Waals surface area contributed by atoms with Crippen LogP contribution in [0.4, 0.5) is 0 Å². The van der Waals surface area contributed by atoms with Crippen molar-refractivity contribution in [2.75, 3.05) is 20.3 Å². The van der Waals surface area contributed by atoms with E-state index in [0.29, 0.717) is 30.0 Å². The molecule has 1 atom stereocenters. The van der Waals surface area contributed by atoms with Crippen LogP contribution in [0.5, 0.6) is 5.88 Å². The maximum absolute atomic E-state index is 12.7. The zero-order valence-electron chi connectivity index (χ0n) is 14.3. The monoisotopic (exact) mass is 359 g/mol. The van der Waals surface area contributed by atoms with Crippen LogP contribution in [0.3, 0.4) is 0 Å². The molecule has 0 aliphatic carbocycles. The third-order valence-electron chi connectivity index (χ3n) is 3.77. The number of ether oxygens (including phenoxy) is 2. The lowest BCUT2D eigenvalue weighted by molar-refractivity contribution is 0.170. The normalized spacial score (nSPS) is 12.4. The number of hydrogen-bond acceptors (Lipinski definition) is 5. The van der Waals surface area contributed by atoms with Gasteiger partial charge in [-0.15, -0.1) is 0 Å². The number of pyridine rings is 1. The van der Waals surface area contributed by atoms with Gasteiger partial charge in [-0.25, -0.2) is 9.97 Å². The summed E-state index contributed by atoms with van der Waals surface area (Å²) in [4.78, 5) is 12.0. The molecule has 2 aromatic heterocycles. The van der Waals surface area contributed by atoms with E-state index < -0.39 is 10.8 Å². The van der Waals surface area contributed by atoms with Crippen molar-refractivity contribution in [3.63, 3.8) is 0 Å². The second-order valence-corrected chi connectivity index (χ2v) is 7.02. The predicted molar refractivity (Wildman–Crippen MR) is 97.2 cm³/mol. The van der Waals surface area contributed by atoms with E-state index in [1.165, 1.54) is 0 Å². The fourth-order valence-electron chi connectivity index (χ4n) is 2.39. The molecule has 3 rings (SSSR count). The van der Waals surface area contributed by atoms with Gasteiger partial charge in [0, 0.05) is 26.2 Å². The molecule has 0 aliphatic heterocycles. The Hall–Kier alpha value is -2.25. The zero-order chi connectivity index (χ0) is 17.6. The Balaban J connectivity index is 1.71. The SMILES string of the molecule is COCCCOc1ccc(C)c(CS(=O)c2nc3ccccc3[nH]2)n1. The van der Waals surface area contributed by atoms with Crippen molar-refractivity contribution >= 4 is 21.8 Å². The molecule has 132 valence electrons. The van der Waals surface area contributed by atoms with E-state index in [0.717, 1.165) is 28.7 Å². The van der Waals surface area contributed by atoms with E-state index >= 15 is 0 Å². The summed E-state index contributed by atoms with van der Waals surface area (Å²) in [6.45, 7) is 3.14. The molecule has 25 heavy (non-hydrogen) atoms. The number of benzene rings is 1. The average Bonchev–Trinajstić information content (AvgIpc) is 3.05. The van der Waals surface area contributed by atoms with Crippen LogP contribution in [0.1, 0.15) is 17.7 Å². The molecule has 0 saturated heterocycles. The third kappa shape index (κ3) is 4.43. The minimum atomic E-state index is -1.30. The van der Waals surface area contributed by atoms with E-state index in [-0.39, 0.29) is 0 Å². The molecule has 7 heteroatoms. The molecule has 1 N–H and O–H groups in total. The van der Waals surface area contributed by atoms with Crippen molar-refractivity contribution in [3.8, 4) is 5.88 Å². The number of nitrogens with zero attached hydrogens (tertiary/aromatic N) is 2. The summed E-state index contributed by atoms with van der Waals surface area (Å²) >= 11 is 0. The molecule has 1 unspecified atom stereocenters. The van der Waals surface area contributed by atoms with E-state index in [1.807, 2.05) is 43.3 Å². The van der Waals surface area contributed by atoms with Crippen molar-refractivity contribution in [2.45, 2.75) is 24.3 Å². The fraction of sp³-hybridized carbons (Fsp3) is 0.333. The topological polar surface area (TPSA) is 77.1 Å². The predicted octanol–water partition coefficient (Wildman–Crippen LogP) is 2.99. The molecule has 0 spiro atoms. The average molecular weight is 359 g/mol. The first kappa shape index (κ1) is 17.6. The second-order valence-electron chi connectivity index (χ2n) is 5.66. The van der Waals surface area contributed by atoms with Crippen molar-refractivity contribution in [3.05, 3.63) is 47.7 Å². The molecule has 0 radical (unpaired) electrons. The maximum atomic E-state index is 12.7. The van der Waals surface area contributed by atoms with Crippen molar-refractivity contribution in [1.29, 1.82) is 0 Å². The molecule has 1 aromatic carbocycles. The van der Waals surface area contributed by atoms with Crippen LogP contribution in [0.25, 0.3) is 11.0 Å². The van der Waals surface area contributed by atoms with Gasteiger partial charge in [-0.05, 0) is 24.6 Å². The number of aromatic nitrogens is 3. The number of fused-ring (bicyclic) bond motifs is 1. The number of aromatic amines is 1. The number of aryl methyl sites for hydroxylation is 1. The van der Waals surface area contributed by atoms with Gasteiger partial charge in [0.05, 0.1) is 39.9 Å². The Labute approximate surface area is 149 Å². The molecular weight excluding hydrogens is 338 g/mol. The summed E-state index contributed by atoms with van der Waals surface area (Å²) in [6.07, 6.45) is 0.798. The Kier molecular flexibility index (Phi) is 5.78. The number of para-hydroxylation sites is 2. The van der Waals surface area contributed by atoms with Gasteiger partial charge in [0.2, 0.25) is 5.88 Å². The highest BCUT2D eigenvalue weighted by Gasteiger charge is 2.13. The summed E-state index contributed by atoms with van der Waals surface area (Å²) in [6, 6.07) is 11.4. The Morgan fingerprint density at radius 2 is 1.96 bits per heavy atom. The Morgan fingerprint density at radius 1 is 1.12 bits per heavy atom. The largest absolute Gasteiger partial charge is 0.478 e. The number of hydrogen-bond donors (Lipinski definition) is 1. The van der Waals surface area contributed by atoms with Gasteiger partial charge in [-0.2, -0.15) is 0 Å². The number of H-pyrrole nitrogens is 1. The maximum Gasteiger partial charge on any atom is 0.213 e. The van der Waals surface area contributed by atoms with Gasteiger partial charge in [0.1, 0.15) is 0 Å². The van der Waals surface area contributed by atoms with Crippen LogP contribution in [0.2, 0.25) is 0 Å². The molecule has 3 aromatic rings. The second kappa shape index (κ2) is 8.22. The van der Waals surface area contributed by atoms with Gasteiger partial charge < -0.3 is 14.5 Å². The minimum Gasteiger partial charge on any atom is -0.478 e. The quantitative estimate of drug-likeness (QED) is 0.626. The van der Waals surface area contributed by atoms with Crippen molar-refractivity contribution < 1.29 is 13.7 Å². The Morgan fingerprint density at radius 3 is 2.76 bits per heavy atom. The minimum absolute atomic E-state index is 0.293. The smallest absolute Gasteiger partial charge is 0.213 e. The first-order valence-electron chi connectivity index (χ1n) is 8.09. The van der Waals surface area contributed by atoms with E-state index in [2.05, 4.69) is 15.0 Å². The summed E-state index contributed by atoms with van der Waals surface area (Å²) < 4.78 is 23.3. The van der Waals surface area contributed by atoms with Crippen LogP contribution < -0.4 is 4.74 Å². The van der Waals surface area contributed by atoms with E-state index in [9.17, 15) is 4.21 Å². The summed E-state index contributed by atoms with van der Waals surface area (Å²) in [5.74, 6) is 0.833. The van der Waals surface area contributed by atoms with Gasteiger partial charge in [-0.3, -0.25) is 4.21 Å².